The summed E-state index contributed by atoms with van der Waals surface area (Å²) in [5.41, 5.74) is 7.49. The van der Waals surface area contributed by atoms with Crippen molar-refractivity contribution in [1.82, 2.24) is 0 Å². The van der Waals surface area contributed by atoms with Gasteiger partial charge < -0.3 is 15.3 Å². The second kappa shape index (κ2) is 5.27. The van der Waals surface area contributed by atoms with Crippen molar-refractivity contribution in [3.63, 3.8) is 0 Å². The van der Waals surface area contributed by atoms with E-state index >= 15 is 0 Å². The molecular formula is C14H17NO3S. The third-order valence-corrected chi connectivity index (χ3v) is 4.02. The van der Waals surface area contributed by atoms with Gasteiger partial charge >= 0.3 is 5.97 Å². The lowest BCUT2D eigenvalue weighted by Gasteiger charge is -2.17. The van der Waals surface area contributed by atoms with Gasteiger partial charge in [0.1, 0.15) is 5.58 Å². The third kappa shape index (κ3) is 3.75. The molecule has 0 atom stereocenters. The largest absolute Gasteiger partial charge is 0.475 e. The summed E-state index contributed by atoms with van der Waals surface area (Å²) in [5.74, 6) is 0.654. The van der Waals surface area contributed by atoms with Gasteiger partial charge in [0.2, 0.25) is 5.76 Å². The number of rotatable bonds is 5. The SMILES string of the molecule is CC(C)(N)CSCc1ccc2oc(C(=O)O)cc2c1. The molecule has 2 rings (SSSR count). The molecule has 0 aliphatic carbocycles. The van der Waals surface area contributed by atoms with Crippen LogP contribution in [0.1, 0.15) is 30.0 Å². The third-order valence-electron chi connectivity index (χ3n) is 2.53. The summed E-state index contributed by atoms with van der Waals surface area (Å²) in [6.45, 7) is 4.00. The maximum Gasteiger partial charge on any atom is 0.371 e. The number of thioether (sulfide) groups is 1. The minimum absolute atomic E-state index is 0.0251. The highest BCUT2D eigenvalue weighted by atomic mass is 32.2. The summed E-state index contributed by atoms with van der Waals surface area (Å²) in [4.78, 5) is 10.8. The van der Waals surface area contributed by atoms with Crippen LogP contribution in [0.2, 0.25) is 0 Å². The maximum absolute atomic E-state index is 10.8. The highest BCUT2D eigenvalue weighted by molar-refractivity contribution is 7.98. The molecule has 4 nitrogen and oxygen atoms in total. The quantitative estimate of drug-likeness (QED) is 0.879. The van der Waals surface area contributed by atoms with Gasteiger partial charge in [0.25, 0.3) is 0 Å². The monoisotopic (exact) mass is 279 g/mol. The zero-order valence-corrected chi connectivity index (χ0v) is 11.8. The van der Waals surface area contributed by atoms with Crippen LogP contribution >= 0.6 is 11.8 Å². The fraction of sp³-hybridized carbons (Fsp3) is 0.357. The topological polar surface area (TPSA) is 76.5 Å². The van der Waals surface area contributed by atoms with Gasteiger partial charge in [0.05, 0.1) is 0 Å². The van der Waals surface area contributed by atoms with Crippen molar-refractivity contribution in [2.75, 3.05) is 5.75 Å². The van der Waals surface area contributed by atoms with Crippen LogP contribution in [0.4, 0.5) is 0 Å². The van der Waals surface area contributed by atoms with Crippen LogP contribution in [0, 0.1) is 0 Å². The molecule has 5 heteroatoms. The second-order valence-corrected chi connectivity index (χ2v) is 6.25. The average Bonchev–Trinajstić information content (AvgIpc) is 2.70. The molecule has 2 aromatic rings. The van der Waals surface area contributed by atoms with Crippen molar-refractivity contribution < 1.29 is 14.3 Å². The first kappa shape index (κ1) is 14.0. The number of aromatic carboxylic acids is 1. The van der Waals surface area contributed by atoms with Gasteiger partial charge in [-0.2, -0.15) is 11.8 Å². The zero-order valence-electron chi connectivity index (χ0n) is 11.0. The average molecular weight is 279 g/mol. The van der Waals surface area contributed by atoms with Crippen LogP contribution in [0.25, 0.3) is 11.0 Å². The van der Waals surface area contributed by atoms with E-state index in [2.05, 4.69) is 0 Å². The van der Waals surface area contributed by atoms with E-state index in [1.165, 1.54) is 0 Å². The molecule has 102 valence electrons. The van der Waals surface area contributed by atoms with E-state index < -0.39 is 5.97 Å². The summed E-state index contributed by atoms with van der Waals surface area (Å²) in [6.07, 6.45) is 0. The molecule has 0 amide bonds. The first-order chi connectivity index (χ1) is 8.85. The molecule has 1 aromatic heterocycles. The fourth-order valence-corrected chi connectivity index (χ4v) is 2.76. The van der Waals surface area contributed by atoms with Gasteiger partial charge in [-0.1, -0.05) is 6.07 Å². The van der Waals surface area contributed by atoms with E-state index in [0.717, 1.165) is 22.5 Å². The first-order valence-electron chi connectivity index (χ1n) is 5.97. The van der Waals surface area contributed by atoms with Gasteiger partial charge in [-0.15, -0.1) is 0 Å². The molecule has 19 heavy (non-hydrogen) atoms. The highest BCUT2D eigenvalue weighted by Gasteiger charge is 2.12. The number of benzene rings is 1. The minimum Gasteiger partial charge on any atom is -0.475 e. The zero-order chi connectivity index (χ0) is 14.0. The molecule has 0 radical (unpaired) electrons. The molecule has 0 saturated carbocycles. The second-order valence-electron chi connectivity index (χ2n) is 5.27. The lowest BCUT2D eigenvalue weighted by Crippen LogP contribution is -2.34. The Bertz CT molecular complexity index is 598. The number of fused-ring (bicyclic) bond motifs is 1. The highest BCUT2D eigenvalue weighted by Crippen LogP contribution is 2.23. The predicted molar refractivity (Wildman–Crippen MR) is 77.6 cm³/mol. The van der Waals surface area contributed by atoms with Crippen LogP contribution in [0.15, 0.2) is 28.7 Å². The van der Waals surface area contributed by atoms with Crippen molar-refractivity contribution >= 4 is 28.7 Å². The van der Waals surface area contributed by atoms with Crippen molar-refractivity contribution in [2.24, 2.45) is 5.73 Å². The molecule has 3 N–H and O–H groups in total. The molecule has 0 aliphatic rings. The Kier molecular flexibility index (Phi) is 3.87. The Hall–Kier alpha value is -1.46. The Morgan fingerprint density at radius 1 is 1.42 bits per heavy atom. The van der Waals surface area contributed by atoms with Crippen LogP contribution < -0.4 is 5.73 Å². The molecule has 0 saturated heterocycles. The van der Waals surface area contributed by atoms with Crippen LogP contribution in [-0.4, -0.2) is 22.4 Å². The number of nitrogens with two attached hydrogens (primary N) is 1. The predicted octanol–water partition coefficient (Wildman–Crippen LogP) is 3.10. The van der Waals surface area contributed by atoms with E-state index in [4.69, 9.17) is 15.3 Å². The van der Waals surface area contributed by atoms with E-state index in [1.54, 1.807) is 17.8 Å². The van der Waals surface area contributed by atoms with Crippen molar-refractivity contribution in [3.8, 4) is 0 Å². The first-order valence-corrected chi connectivity index (χ1v) is 7.13. The number of hydrogen-bond acceptors (Lipinski definition) is 4. The van der Waals surface area contributed by atoms with Gasteiger partial charge in [0, 0.05) is 22.4 Å². The summed E-state index contributed by atoms with van der Waals surface area (Å²) in [6, 6.07) is 7.28. The summed E-state index contributed by atoms with van der Waals surface area (Å²) in [7, 11) is 0. The van der Waals surface area contributed by atoms with E-state index in [-0.39, 0.29) is 11.3 Å². The summed E-state index contributed by atoms with van der Waals surface area (Å²) < 4.78 is 5.22. The summed E-state index contributed by atoms with van der Waals surface area (Å²) >= 11 is 1.76. The Morgan fingerprint density at radius 3 is 2.79 bits per heavy atom. The van der Waals surface area contributed by atoms with Gasteiger partial charge in [-0.3, -0.25) is 0 Å². The smallest absolute Gasteiger partial charge is 0.371 e. The van der Waals surface area contributed by atoms with E-state index in [0.29, 0.717) is 5.58 Å². The number of hydrogen-bond donors (Lipinski definition) is 2. The van der Waals surface area contributed by atoms with E-state index in [1.807, 2.05) is 32.0 Å². The normalized spacial score (nSPS) is 11.9. The summed E-state index contributed by atoms with van der Waals surface area (Å²) in [5, 5.41) is 9.70. The molecular weight excluding hydrogens is 262 g/mol. The standard InChI is InChI=1S/C14H17NO3S/c1-14(2,15)8-19-7-9-3-4-11-10(5-9)6-12(18-11)13(16)17/h3-6H,7-8,15H2,1-2H3,(H,16,17). The molecule has 0 aliphatic heterocycles. The van der Waals surface area contributed by atoms with E-state index in [9.17, 15) is 4.79 Å². The number of carboxylic acids is 1. The molecule has 1 aromatic carbocycles. The lowest BCUT2D eigenvalue weighted by molar-refractivity contribution is 0.0665. The minimum atomic E-state index is -1.04. The molecule has 0 spiro atoms. The van der Waals surface area contributed by atoms with Crippen LogP contribution in [0.5, 0.6) is 0 Å². The lowest BCUT2D eigenvalue weighted by atomic mass is 10.1. The van der Waals surface area contributed by atoms with Crippen molar-refractivity contribution in [1.29, 1.82) is 0 Å². The maximum atomic E-state index is 10.8. The van der Waals surface area contributed by atoms with Crippen LogP contribution in [0.3, 0.4) is 0 Å². The van der Waals surface area contributed by atoms with Crippen molar-refractivity contribution in [2.45, 2.75) is 25.1 Å². The molecule has 1 heterocycles. The Balaban J connectivity index is 2.11. The van der Waals surface area contributed by atoms with Gasteiger partial charge in [-0.05, 0) is 37.6 Å². The van der Waals surface area contributed by atoms with Crippen molar-refractivity contribution in [3.05, 3.63) is 35.6 Å². The Morgan fingerprint density at radius 2 is 2.16 bits per heavy atom. The van der Waals surface area contributed by atoms with Gasteiger partial charge in [-0.25, -0.2) is 4.79 Å². The van der Waals surface area contributed by atoms with Gasteiger partial charge in [0.15, 0.2) is 0 Å². The van der Waals surface area contributed by atoms with Crippen LogP contribution in [-0.2, 0) is 5.75 Å². The fourth-order valence-electron chi connectivity index (χ4n) is 1.72. The number of carboxylic acid groups (broad SMARTS) is 1. The Labute approximate surface area is 116 Å². The molecule has 0 unspecified atom stereocenters. The molecule has 0 fully saturated rings. The number of furan rings is 1. The molecule has 0 bridgehead atoms. The number of carbonyl (C=O) groups is 1.